The van der Waals surface area contributed by atoms with Crippen molar-refractivity contribution in [2.75, 3.05) is 5.32 Å². The van der Waals surface area contributed by atoms with Crippen LogP contribution in [-0.4, -0.2) is 10.9 Å². The Kier molecular flexibility index (Phi) is 4.26. The van der Waals surface area contributed by atoms with Crippen LogP contribution in [0.5, 0.6) is 0 Å². The third kappa shape index (κ3) is 3.11. The van der Waals surface area contributed by atoms with E-state index < -0.39 is 11.7 Å². The van der Waals surface area contributed by atoms with Crippen LogP contribution in [0.15, 0.2) is 75.6 Å². The van der Waals surface area contributed by atoms with E-state index in [2.05, 4.69) is 26.2 Å². The fourth-order valence-corrected chi connectivity index (χ4v) is 3.05. The van der Waals surface area contributed by atoms with Crippen LogP contribution in [0.2, 0.25) is 0 Å². The predicted molar refractivity (Wildman–Crippen MR) is 101 cm³/mol. The zero-order valence-electron chi connectivity index (χ0n) is 13.4. The molecule has 128 valence electrons. The van der Waals surface area contributed by atoms with Crippen molar-refractivity contribution in [1.82, 2.24) is 4.98 Å². The molecule has 3 aromatic carbocycles. The molecule has 0 spiro atoms. The highest BCUT2D eigenvalue weighted by atomic mass is 79.9. The molecule has 1 amide bonds. The number of carbonyl (C=O) groups is 1. The second-order valence-corrected chi connectivity index (χ2v) is 6.47. The Morgan fingerprint density at radius 2 is 1.81 bits per heavy atom. The van der Waals surface area contributed by atoms with Gasteiger partial charge in [-0.3, -0.25) is 4.79 Å². The van der Waals surface area contributed by atoms with E-state index in [0.717, 1.165) is 10.0 Å². The van der Waals surface area contributed by atoms with Crippen LogP contribution in [0.4, 0.5) is 10.1 Å². The quantitative estimate of drug-likeness (QED) is 0.474. The summed E-state index contributed by atoms with van der Waals surface area (Å²) in [6, 6.07) is 18.6. The number of amides is 1. The van der Waals surface area contributed by atoms with E-state index in [1.165, 1.54) is 18.2 Å². The van der Waals surface area contributed by atoms with Crippen LogP contribution in [-0.2, 0) is 0 Å². The Bertz CT molecular complexity index is 1120. The number of benzene rings is 3. The summed E-state index contributed by atoms with van der Waals surface area (Å²) in [5, 5.41) is 2.68. The molecule has 0 radical (unpaired) electrons. The summed E-state index contributed by atoms with van der Waals surface area (Å²) in [7, 11) is 0. The number of nitrogens with one attached hydrogen (secondary N) is 1. The molecule has 0 bridgehead atoms. The van der Waals surface area contributed by atoms with E-state index in [1.54, 1.807) is 24.3 Å². The van der Waals surface area contributed by atoms with Crippen molar-refractivity contribution in [3.63, 3.8) is 0 Å². The summed E-state index contributed by atoms with van der Waals surface area (Å²) >= 11 is 3.48. The van der Waals surface area contributed by atoms with Crippen molar-refractivity contribution in [3.8, 4) is 11.5 Å². The molecule has 0 saturated carbocycles. The lowest BCUT2D eigenvalue weighted by molar-refractivity contribution is 0.102. The molecule has 4 nitrogen and oxygen atoms in total. The molecule has 0 saturated heterocycles. The van der Waals surface area contributed by atoms with Crippen molar-refractivity contribution < 1.29 is 13.6 Å². The molecule has 4 aromatic rings. The Morgan fingerprint density at radius 1 is 1.04 bits per heavy atom. The summed E-state index contributed by atoms with van der Waals surface area (Å²) < 4.78 is 20.4. The van der Waals surface area contributed by atoms with Crippen molar-refractivity contribution in [2.45, 2.75) is 0 Å². The van der Waals surface area contributed by atoms with Gasteiger partial charge in [-0.15, -0.1) is 0 Å². The first-order valence-corrected chi connectivity index (χ1v) is 8.62. The Hall–Kier alpha value is -2.99. The van der Waals surface area contributed by atoms with Gasteiger partial charge in [0.2, 0.25) is 5.89 Å². The summed E-state index contributed by atoms with van der Waals surface area (Å²) in [4.78, 5) is 16.7. The average Bonchev–Trinajstić information content (AvgIpc) is 3.05. The minimum Gasteiger partial charge on any atom is -0.436 e. The SMILES string of the molecule is O=C(Nc1ccc2oc(-c3ccccc3Br)nc2c1)c1ccccc1F. The molecule has 1 N–H and O–H groups in total. The summed E-state index contributed by atoms with van der Waals surface area (Å²) in [5.74, 6) is -0.606. The van der Waals surface area contributed by atoms with E-state index >= 15 is 0 Å². The molecule has 0 aliphatic carbocycles. The molecule has 1 aromatic heterocycles. The predicted octanol–water partition coefficient (Wildman–Crippen LogP) is 5.65. The number of hydrogen-bond acceptors (Lipinski definition) is 3. The highest BCUT2D eigenvalue weighted by Gasteiger charge is 2.14. The minimum atomic E-state index is -0.566. The maximum atomic E-state index is 13.7. The van der Waals surface area contributed by atoms with Crippen LogP contribution < -0.4 is 5.32 Å². The van der Waals surface area contributed by atoms with Crippen LogP contribution in [0.1, 0.15) is 10.4 Å². The zero-order chi connectivity index (χ0) is 18.1. The monoisotopic (exact) mass is 410 g/mol. The summed E-state index contributed by atoms with van der Waals surface area (Å²) in [6.45, 7) is 0. The highest BCUT2D eigenvalue weighted by molar-refractivity contribution is 9.10. The summed E-state index contributed by atoms with van der Waals surface area (Å²) in [5.41, 5.74) is 2.53. The number of carbonyl (C=O) groups excluding carboxylic acids is 1. The van der Waals surface area contributed by atoms with Gasteiger partial charge >= 0.3 is 0 Å². The van der Waals surface area contributed by atoms with Gasteiger partial charge in [0.1, 0.15) is 11.3 Å². The van der Waals surface area contributed by atoms with Gasteiger partial charge in [-0.2, -0.15) is 0 Å². The standard InChI is InChI=1S/C20H12BrFN2O2/c21-15-7-3-1-5-13(15)20-24-17-11-12(9-10-18(17)26-20)23-19(25)14-6-2-4-8-16(14)22/h1-11H,(H,23,25). The van der Waals surface area contributed by atoms with E-state index in [9.17, 15) is 9.18 Å². The maximum Gasteiger partial charge on any atom is 0.258 e. The second kappa shape index (κ2) is 6.72. The van der Waals surface area contributed by atoms with Gasteiger partial charge in [-0.05, 0) is 58.4 Å². The molecule has 26 heavy (non-hydrogen) atoms. The number of oxazole rings is 1. The number of anilines is 1. The third-order valence-corrected chi connectivity index (χ3v) is 4.56. The number of halogens is 2. The van der Waals surface area contributed by atoms with E-state index in [0.29, 0.717) is 22.7 Å². The van der Waals surface area contributed by atoms with Gasteiger partial charge in [0.25, 0.3) is 5.91 Å². The van der Waals surface area contributed by atoms with Crippen molar-refractivity contribution in [2.24, 2.45) is 0 Å². The number of nitrogens with zero attached hydrogens (tertiary/aromatic N) is 1. The molecule has 4 rings (SSSR count). The van der Waals surface area contributed by atoms with Crippen LogP contribution in [0.3, 0.4) is 0 Å². The molecular weight excluding hydrogens is 399 g/mol. The number of rotatable bonds is 3. The van der Waals surface area contributed by atoms with Crippen molar-refractivity contribution in [3.05, 3.63) is 82.6 Å². The topological polar surface area (TPSA) is 55.1 Å². The smallest absolute Gasteiger partial charge is 0.258 e. The second-order valence-electron chi connectivity index (χ2n) is 5.62. The van der Waals surface area contributed by atoms with Crippen LogP contribution in [0.25, 0.3) is 22.6 Å². The maximum absolute atomic E-state index is 13.7. The van der Waals surface area contributed by atoms with E-state index in [-0.39, 0.29) is 5.56 Å². The lowest BCUT2D eigenvalue weighted by Crippen LogP contribution is -2.13. The Morgan fingerprint density at radius 3 is 2.62 bits per heavy atom. The molecule has 6 heteroatoms. The normalized spacial score (nSPS) is 10.8. The Labute approximate surface area is 156 Å². The third-order valence-electron chi connectivity index (χ3n) is 3.87. The minimum absolute atomic E-state index is 0.0124. The lowest BCUT2D eigenvalue weighted by atomic mass is 10.2. The summed E-state index contributed by atoms with van der Waals surface area (Å²) in [6.07, 6.45) is 0. The highest BCUT2D eigenvalue weighted by Crippen LogP contribution is 2.31. The van der Waals surface area contributed by atoms with Crippen molar-refractivity contribution >= 4 is 38.6 Å². The number of fused-ring (bicyclic) bond motifs is 1. The van der Waals surface area contributed by atoms with Crippen LogP contribution >= 0.6 is 15.9 Å². The molecular formula is C20H12BrFN2O2. The number of hydrogen-bond donors (Lipinski definition) is 1. The molecule has 0 atom stereocenters. The first kappa shape index (κ1) is 16.5. The Balaban J connectivity index is 1.65. The first-order chi connectivity index (χ1) is 12.6. The van der Waals surface area contributed by atoms with E-state index in [1.807, 2.05) is 24.3 Å². The van der Waals surface area contributed by atoms with Gasteiger partial charge in [0, 0.05) is 10.2 Å². The molecule has 1 heterocycles. The van der Waals surface area contributed by atoms with Gasteiger partial charge in [-0.25, -0.2) is 9.37 Å². The van der Waals surface area contributed by atoms with E-state index in [4.69, 9.17) is 4.42 Å². The van der Waals surface area contributed by atoms with Crippen LogP contribution in [0, 0.1) is 5.82 Å². The largest absolute Gasteiger partial charge is 0.436 e. The fourth-order valence-electron chi connectivity index (χ4n) is 2.60. The van der Waals surface area contributed by atoms with Gasteiger partial charge < -0.3 is 9.73 Å². The number of aromatic nitrogens is 1. The first-order valence-electron chi connectivity index (χ1n) is 7.83. The molecule has 0 aliphatic heterocycles. The lowest BCUT2D eigenvalue weighted by Gasteiger charge is -2.05. The molecule has 0 fully saturated rings. The van der Waals surface area contributed by atoms with Gasteiger partial charge in [0.05, 0.1) is 11.1 Å². The van der Waals surface area contributed by atoms with Gasteiger partial charge in [0.15, 0.2) is 5.58 Å². The molecule has 0 aliphatic rings. The average molecular weight is 411 g/mol. The van der Waals surface area contributed by atoms with Crippen molar-refractivity contribution in [1.29, 1.82) is 0 Å². The zero-order valence-corrected chi connectivity index (χ0v) is 15.0. The van der Waals surface area contributed by atoms with Gasteiger partial charge in [-0.1, -0.05) is 24.3 Å². The molecule has 0 unspecified atom stereocenters. The fraction of sp³-hybridized carbons (Fsp3) is 0.